The molecular weight excluding hydrogens is 362 g/mol. The van der Waals surface area contributed by atoms with Crippen LogP contribution in [0.25, 0.3) is 11.4 Å². The quantitative estimate of drug-likeness (QED) is 0.588. The van der Waals surface area contributed by atoms with E-state index in [9.17, 15) is 8.78 Å². The molecule has 0 spiro atoms. The number of rotatable bonds is 8. The molecule has 0 aliphatic rings. The summed E-state index contributed by atoms with van der Waals surface area (Å²) in [6.45, 7) is -0.150. The van der Waals surface area contributed by atoms with E-state index in [-0.39, 0.29) is 11.5 Å². The lowest BCUT2D eigenvalue weighted by atomic mass is 10.2. The van der Waals surface area contributed by atoms with Crippen LogP contribution in [-0.2, 0) is 13.1 Å². The largest absolute Gasteiger partial charge is 0.493 e. The van der Waals surface area contributed by atoms with Gasteiger partial charge in [0.05, 0.1) is 19.3 Å². The molecule has 0 N–H and O–H groups in total. The number of halogens is 2. The molecule has 0 saturated carbocycles. The minimum atomic E-state index is -2.94. The standard InChI is InChI=1S/C17H18F2N4O4/c1-10-6-12(21-26-10)8-23(2)9-15-20-16(22-27-15)11-4-5-13(25-17(18)19)14(7-11)24-3/h4-7,17H,8-9H2,1-3H3. The predicted octanol–water partition coefficient (Wildman–Crippen LogP) is 3.28. The second-order valence-electron chi connectivity index (χ2n) is 5.86. The van der Waals surface area contributed by atoms with Crippen LogP contribution < -0.4 is 9.47 Å². The molecule has 144 valence electrons. The Hall–Kier alpha value is -3.01. The summed E-state index contributed by atoms with van der Waals surface area (Å²) < 4.78 is 44.6. The Labute approximate surface area is 153 Å². The van der Waals surface area contributed by atoms with E-state index in [4.69, 9.17) is 13.8 Å². The maximum atomic E-state index is 12.4. The first kappa shape index (κ1) is 18.8. The second-order valence-corrected chi connectivity index (χ2v) is 5.86. The third-order valence-electron chi connectivity index (χ3n) is 3.62. The molecule has 2 heterocycles. The number of methoxy groups -OCH3 is 1. The monoisotopic (exact) mass is 380 g/mol. The average molecular weight is 380 g/mol. The van der Waals surface area contributed by atoms with Gasteiger partial charge >= 0.3 is 6.61 Å². The third kappa shape index (κ3) is 4.79. The van der Waals surface area contributed by atoms with E-state index < -0.39 is 6.61 Å². The smallest absolute Gasteiger partial charge is 0.387 e. The summed E-state index contributed by atoms with van der Waals surface area (Å²) in [7, 11) is 3.24. The van der Waals surface area contributed by atoms with E-state index in [1.165, 1.54) is 19.2 Å². The molecule has 0 amide bonds. The van der Waals surface area contributed by atoms with E-state index in [0.717, 1.165) is 11.5 Å². The van der Waals surface area contributed by atoms with Gasteiger partial charge in [-0.3, -0.25) is 4.90 Å². The number of hydrogen-bond donors (Lipinski definition) is 0. The van der Waals surface area contributed by atoms with Crippen LogP contribution in [0.2, 0.25) is 0 Å². The van der Waals surface area contributed by atoms with Gasteiger partial charge < -0.3 is 18.5 Å². The van der Waals surface area contributed by atoms with Gasteiger partial charge in [-0.2, -0.15) is 13.8 Å². The number of nitrogens with zero attached hydrogens (tertiary/aromatic N) is 4. The SMILES string of the molecule is COc1cc(-c2noc(CN(C)Cc3cc(C)on3)n2)ccc1OC(F)F. The van der Waals surface area contributed by atoms with Crippen molar-refractivity contribution < 1.29 is 27.3 Å². The van der Waals surface area contributed by atoms with E-state index >= 15 is 0 Å². The fourth-order valence-corrected chi connectivity index (χ4v) is 2.49. The van der Waals surface area contributed by atoms with Crippen molar-refractivity contribution in [2.75, 3.05) is 14.2 Å². The zero-order valence-electron chi connectivity index (χ0n) is 15.0. The Morgan fingerprint density at radius 1 is 1.11 bits per heavy atom. The summed E-state index contributed by atoms with van der Waals surface area (Å²) in [6, 6.07) is 6.28. The van der Waals surface area contributed by atoms with Gasteiger partial charge in [-0.25, -0.2) is 0 Å². The third-order valence-corrected chi connectivity index (χ3v) is 3.62. The molecule has 1 aromatic carbocycles. The first-order valence-corrected chi connectivity index (χ1v) is 8.01. The lowest BCUT2D eigenvalue weighted by Gasteiger charge is -2.11. The maximum absolute atomic E-state index is 12.4. The summed E-state index contributed by atoms with van der Waals surface area (Å²) in [5.74, 6) is 1.55. The molecule has 0 fully saturated rings. The minimum Gasteiger partial charge on any atom is -0.493 e. The Morgan fingerprint density at radius 2 is 1.93 bits per heavy atom. The highest BCUT2D eigenvalue weighted by molar-refractivity contribution is 5.60. The van der Waals surface area contributed by atoms with E-state index in [0.29, 0.717) is 30.4 Å². The molecule has 8 nitrogen and oxygen atoms in total. The molecule has 0 bridgehead atoms. The molecule has 0 radical (unpaired) electrons. The Bertz CT molecular complexity index is 897. The fraction of sp³-hybridized carbons (Fsp3) is 0.353. The van der Waals surface area contributed by atoms with Crippen molar-refractivity contribution in [2.24, 2.45) is 0 Å². The van der Waals surface area contributed by atoms with Crippen LogP contribution in [0.15, 0.2) is 33.3 Å². The van der Waals surface area contributed by atoms with Gasteiger partial charge in [0.1, 0.15) is 5.76 Å². The molecule has 3 aromatic rings. The number of aryl methyl sites for hydroxylation is 1. The van der Waals surface area contributed by atoms with Crippen molar-refractivity contribution in [1.29, 1.82) is 0 Å². The van der Waals surface area contributed by atoms with E-state index in [1.807, 2.05) is 24.9 Å². The normalized spacial score (nSPS) is 11.4. The highest BCUT2D eigenvalue weighted by Gasteiger charge is 2.16. The summed E-state index contributed by atoms with van der Waals surface area (Å²) in [6.07, 6.45) is 0. The van der Waals surface area contributed by atoms with Gasteiger partial charge in [-0.05, 0) is 32.2 Å². The molecule has 0 unspecified atom stereocenters. The Kier molecular flexibility index (Phi) is 5.65. The van der Waals surface area contributed by atoms with Gasteiger partial charge in [0.2, 0.25) is 11.7 Å². The lowest BCUT2D eigenvalue weighted by molar-refractivity contribution is -0.0512. The average Bonchev–Trinajstić information content (AvgIpc) is 3.24. The number of benzene rings is 1. The summed E-state index contributed by atoms with van der Waals surface area (Å²) in [4.78, 5) is 6.26. The van der Waals surface area contributed by atoms with Gasteiger partial charge in [-0.15, -0.1) is 0 Å². The molecule has 0 atom stereocenters. The number of hydrogen-bond acceptors (Lipinski definition) is 8. The Balaban J connectivity index is 1.69. The zero-order valence-corrected chi connectivity index (χ0v) is 15.0. The van der Waals surface area contributed by atoms with Crippen LogP contribution in [0.5, 0.6) is 11.5 Å². The van der Waals surface area contributed by atoms with Gasteiger partial charge in [0, 0.05) is 18.2 Å². The zero-order chi connectivity index (χ0) is 19.4. The molecular formula is C17H18F2N4O4. The second kappa shape index (κ2) is 8.12. The van der Waals surface area contributed by atoms with Crippen molar-refractivity contribution in [1.82, 2.24) is 20.2 Å². The van der Waals surface area contributed by atoms with Crippen LogP contribution in [-0.4, -0.2) is 41.0 Å². The topological polar surface area (TPSA) is 86.7 Å². The van der Waals surface area contributed by atoms with Crippen LogP contribution in [0.1, 0.15) is 17.3 Å². The number of ether oxygens (including phenoxy) is 2. The highest BCUT2D eigenvalue weighted by atomic mass is 19.3. The van der Waals surface area contributed by atoms with Gasteiger partial charge in [0.25, 0.3) is 0 Å². The van der Waals surface area contributed by atoms with Crippen molar-refractivity contribution >= 4 is 0 Å². The number of aromatic nitrogens is 3. The summed E-state index contributed by atoms with van der Waals surface area (Å²) in [5, 5.41) is 7.86. The van der Waals surface area contributed by atoms with Crippen LogP contribution >= 0.6 is 0 Å². The molecule has 2 aromatic heterocycles. The molecule has 0 aliphatic carbocycles. The van der Waals surface area contributed by atoms with Crippen molar-refractivity contribution in [3.8, 4) is 22.9 Å². The molecule has 0 saturated heterocycles. The van der Waals surface area contributed by atoms with Gasteiger partial charge in [0.15, 0.2) is 11.5 Å². The summed E-state index contributed by atoms with van der Waals surface area (Å²) in [5.41, 5.74) is 1.35. The van der Waals surface area contributed by atoms with E-state index in [1.54, 1.807) is 6.07 Å². The summed E-state index contributed by atoms with van der Waals surface area (Å²) >= 11 is 0. The van der Waals surface area contributed by atoms with E-state index in [2.05, 4.69) is 20.0 Å². The number of alkyl halides is 2. The lowest BCUT2D eigenvalue weighted by Crippen LogP contribution is -2.17. The van der Waals surface area contributed by atoms with Crippen LogP contribution in [0, 0.1) is 6.92 Å². The Morgan fingerprint density at radius 3 is 2.59 bits per heavy atom. The van der Waals surface area contributed by atoms with Crippen LogP contribution in [0.4, 0.5) is 8.78 Å². The predicted molar refractivity (Wildman–Crippen MR) is 89.3 cm³/mol. The first-order chi connectivity index (χ1) is 12.9. The maximum Gasteiger partial charge on any atom is 0.387 e. The fourth-order valence-electron chi connectivity index (χ4n) is 2.49. The molecule has 0 aliphatic heterocycles. The molecule has 3 rings (SSSR count). The minimum absolute atomic E-state index is 0.0670. The van der Waals surface area contributed by atoms with Crippen molar-refractivity contribution in [2.45, 2.75) is 26.6 Å². The van der Waals surface area contributed by atoms with Crippen LogP contribution in [0.3, 0.4) is 0 Å². The molecule has 10 heteroatoms. The first-order valence-electron chi connectivity index (χ1n) is 8.01. The molecule has 27 heavy (non-hydrogen) atoms. The van der Waals surface area contributed by atoms with Crippen molar-refractivity contribution in [3.63, 3.8) is 0 Å². The highest BCUT2D eigenvalue weighted by Crippen LogP contribution is 2.32. The van der Waals surface area contributed by atoms with Gasteiger partial charge in [-0.1, -0.05) is 10.3 Å². The van der Waals surface area contributed by atoms with Crippen molar-refractivity contribution in [3.05, 3.63) is 41.6 Å².